The van der Waals surface area contributed by atoms with Gasteiger partial charge in [-0.05, 0) is 11.1 Å². The molecule has 60 valence electrons. The molecule has 0 bridgehead atoms. The van der Waals surface area contributed by atoms with E-state index < -0.39 is 0 Å². The van der Waals surface area contributed by atoms with Crippen molar-refractivity contribution >= 4 is 6.21 Å². The number of hydrogen-bond acceptors (Lipinski definition) is 2. The zero-order chi connectivity index (χ0) is 7.90. The molecule has 0 fully saturated rings. The Balaban J connectivity index is 2.36. The van der Waals surface area contributed by atoms with Crippen LogP contribution >= 0.6 is 0 Å². The SMILES string of the molecule is CC1(C)CNCC2=C1CN=C2. The van der Waals surface area contributed by atoms with Gasteiger partial charge in [-0.25, -0.2) is 0 Å². The second-order valence-electron chi connectivity index (χ2n) is 3.96. The normalized spacial score (nSPS) is 27.5. The Kier molecular flexibility index (Phi) is 1.39. The van der Waals surface area contributed by atoms with Crippen LogP contribution in [0.25, 0.3) is 0 Å². The van der Waals surface area contributed by atoms with Gasteiger partial charge >= 0.3 is 0 Å². The standard InChI is InChI=1S/C9H14N2/c1-9(2)6-11-4-7-3-10-5-8(7)9/h3,11H,4-6H2,1-2H3. The zero-order valence-corrected chi connectivity index (χ0v) is 7.15. The molecule has 1 N–H and O–H groups in total. The lowest BCUT2D eigenvalue weighted by Crippen LogP contribution is -2.38. The summed E-state index contributed by atoms with van der Waals surface area (Å²) in [5.74, 6) is 0. The van der Waals surface area contributed by atoms with E-state index in [1.807, 2.05) is 6.21 Å². The van der Waals surface area contributed by atoms with Crippen LogP contribution in [0.3, 0.4) is 0 Å². The molecule has 0 atom stereocenters. The van der Waals surface area contributed by atoms with Crippen LogP contribution < -0.4 is 5.32 Å². The van der Waals surface area contributed by atoms with Crippen LogP contribution in [0, 0.1) is 5.41 Å². The van der Waals surface area contributed by atoms with Gasteiger partial charge < -0.3 is 5.32 Å². The number of aliphatic imine (C=N–C) groups is 1. The third-order valence-corrected chi connectivity index (χ3v) is 2.58. The summed E-state index contributed by atoms with van der Waals surface area (Å²) in [7, 11) is 0. The average Bonchev–Trinajstić information content (AvgIpc) is 2.34. The maximum absolute atomic E-state index is 4.28. The molecule has 0 aromatic rings. The highest BCUT2D eigenvalue weighted by molar-refractivity contribution is 5.84. The summed E-state index contributed by atoms with van der Waals surface area (Å²) in [4.78, 5) is 4.28. The Morgan fingerprint density at radius 2 is 2.36 bits per heavy atom. The summed E-state index contributed by atoms with van der Waals surface area (Å²) in [6.07, 6.45) is 2.02. The van der Waals surface area contributed by atoms with Gasteiger partial charge in [-0.2, -0.15) is 0 Å². The fourth-order valence-corrected chi connectivity index (χ4v) is 1.84. The molecular formula is C9H14N2. The first kappa shape index (κ1) is 7.04. The number of rotatable bonds is 0. The van der Waals surface area contributed by atoms with E-state index in [0.717, 1.165) is 19.6 Å². The highest BCUT2D eigenvalue weighted by atomic mass is 14.9. The predicted octanol–water partition coefficient (Wildman–Crippen LogP) is 0.997. The largest absolute Gasteiger partial charge is 0.312 e. The van der Waals surface area contributed by atoms with Crippen molar-refractivity contribution in [3.63, 3.8) is 0 Å². The molecule has 2 aliphatic rings. The first-order chi connectivity index (χ1) is 5.20. The minimum atomic E-state index is 0.323. The molecule has 0 amide bonds. The van der Waals surface area contributed by atoms with Crippen LogP contribution in [0.4, 0.5) is 0 Å². The summed E-state index contributed by atoms with van der Waals surface area (Å²) < 4.78 is 0. The second kappa shape index (κ2) is 2.18. The molecule has 0 aliphatic carbocycles. The molecular weight excluding hydrogens is 136 g/mol. The quantitative estimate of drug-likeness (QED) is 0.547. The monoisotopic (exact) mass is 150 g/mol. The molecule has 0 spiro atoms. The molecule has 0 saturated heterocycles. The maximum atomic E-state index is 4.28. The van der Waals surface area contributed by atoms with E-state index in [-0.39, 0.29) is 0 Å². The Morgan fingerprint density at radius 1 is 1.55 bits per heavy atom. The lowest BCUT2D eigenvalue weighted by atomic mass is 9.80. The third-order valence-electron chi connectivity index (χ3n) is 2.58. The Morgan fingerprint density at radius 3 is 3.09 bits per heavy atom. The fourth-order valence-electron chi connectivity index (χ4n) is 1.84. The Bertz CT molecular complexity index is 236. The first-order valence-electron chi connectivity index (χ1n) is 4.13. The lowest BCUT2D eigenvalue weighted by Gasteiger charge is -2.32. The minimum Gasteiger partial charge on any atom is -0.312 e. The molecule has 0 aromatic carbocycles. The molecule has 2 rings (SSSR count). The van der Waals surface area contributed by atoms with Crippen molar-refractivity contribution in [3.8, 4) is 0 Å². The van der Waals surface area contributed by atoms with Gasteiger partial charge in [0.2, 0.25) is 0 Å². The van der Waals surface area contributed by atoms with E-state index in [1.165, 1.54) is 11.1 Å². The summed E-state index contributed by atoms with van der Waals surface area (Å²) >= 11 is 0. The van der Waals surface area contributed by atoms with Gasteiger partial charge in [0.25, 0.3) is 0 Å². The van der Waals surface area contributed by atoms with Gasteiger partial charge in [-0.1, -0.05) is 13.8 Å². The minimum absolute atomic E-state index is 0.323. The van der Waals surface area contributed by atoms with Gasteiger partial charge in [-0.3, -0.25) is 4.99 Å². The third kappa shape index (κ3) is 1.02. The van der Waals surface area contributed by atoms with E-state index >= 15 is 0 Å². The van der Waals surface area contributed by atoms with Gasteiger partial charge in [-0.15, -0.1) is 0 Å². The topological polar surface area (TPSA) is 24.4 Å². The van der Waals surface area contributed by atoms with Crippen LogP contribution in [-0.2, 0) is 0 Å². The fraction of sp³-hybridized carbons (Fsp3) is 0.667. The van der Waals surface area contributed by atoms with Gasteiger partial charge in [0.05, 0.1) is 6.54 Å². The van der Waals surface area contributed by atoms with E-state index in [4.69, 9.17) is 0 Å². The molecule has 11 heavy (non-hydrogen) atoms. The molecule has 0 unspecified atom stereocenters. The summed E-state index contributed by atoms with van der Waals surface area (Å²) in [6, 6.07) is 0. The molecule has 0 saturated carbocycles. The molecule has 0 radical (unpaired) electrons. The van der Waals surface area contributed by atoms with Crippen LogP contribution in [0.2, 0.25) is 0 Å². The van der Waals surface area contributed by atoms with Crippen LogP contribution in [0.5, 0.6) is 0 Å². The average molecular weight is 150 g/mol. The smallest absolute Gasteiger partial charge is 0.0612 e. The van der Waals surface area contributed by atoms with Gasteiger partial charge in [0.15, 0.2) is 0 Å². The highest BCUT2D eigenvalue weighted by Gasteiger charge is 2.30. The highest BCUT2D eigenvalue weighted by Crippen LogP contribution is 2.32. The van der Waals surface area contributed by atoms with E-state index in [0.29, 0.717) is 5.41 Å². The molecule has 2 heteroatoms. The van der Waals surface area contributed by atoms with E-state index in [2.05, 4.69) is 24.2 Å². The van der Waals surface area contributed by atoms with E-state index in [9.17, 15) is 0 Å². The summed E-state index contributed by atoms with van der Waals surface area (Å²) in [6.45, 7) is 7.60. The molecule has 2 heterocycles. The van der Waals surface area contributed by atoms with Crippen molar-refractivity contribution in [2.75, 3.05) is 19.6 Å². The van der Waals surface area contributed by atoms with Crippen molar-refractivity contribution in [3.05, 3.63) is 11.1 Å². The number of nitrogens with one attached hydrogen (secondary N) is 1. The van der Waals surface area contributed by atoms with Crippen molar-refractivity contribution in [1.82, 2.24) is 5.32 Å². The van der Waals surface area contributed by atoms with Gasteiger partial charge in [0, 0.05) is 24.7 Å². The molecule has 2 nitrogen and oxygen atoms in total. The van der Waals surface area contributed by atoms with Crippen LogP contribution in [0.1, 0.15) is 13.8 Å². The zero-order valence-electron chi connectivity index (χ0n) is 7.15. The van der Waals surface area contributed by atoms with Crippen molar-refractivity contribution < 1.29 is 0 Å². The molecule has 0 aromatic heterocycles. The Hall–Kier alpha value is -0.630. The van der Waals surface area contributed by atoms with Crippen molar-refractivity contribution in [2.45, 2.75) is 13.8 Å². The number of hydrogen-bond donors (Lipinski definition) is 1. The van der Waals surface area contributed by atoms with Crippen LogP contribution in [0.15, 0.2) is 16.1 Å². The van der Waals surface area contributed by atoms with Crippen LogP contribution in [-0.4, -0.2) is 25.8 Å². The Labute approximate surface area is 67.4 Å². The number of nitrogens with zero attached hydrogens (tertiary/aromatic N) is 1. The van der Waals surface area contributed by atoms with Gasteiger partial charge in [0.1, 0.15) is 0 Å². The van der Waals surface area contributed by atoms with Crippen molar-refractivity contribution in [1.29, 1.82) is 0 Å². The lowest BCUT2D eigenvalue weighted by molar-refractivity contribution is 0.391. The summed E-state index contributed by atoms with van der Waals surface area (Å²) in [5, 5.41) is 3.40. The van der Waals surface area contributed by atoms with E-state index in [1.54, 1.807) is 0 Å². The molecule has 2 aliphatic heterocycles. The predicted molar refractivity (Wildman–Crippen MR) is 47.0 cm³/mol. The first-order valence-corrected chi connectivity index (χ1v) is 4.13. The second-order valence-corrected chi connectivity index (χ2v) is 3.96. The maximum Gasteiger partial charge on any atom is 0.0612 e. The van der Waals surface area contributed by atoms with Crippen molar-refractivity contribution in [2.24, 2.45) is 10.4 Å². The summed E-state index contributed by atoms with van der Waals surface area (Å²) in [5.41, 5.74) is 3.28.